The Hall–Kier alpha value is -1.33. The fraction of sp³-hybridized carbons (Fsp3) is 0.643. The molecular weight excluding hydrogens is 246 g/mol. The zero-order valence-electron chi connectivity index (χ0n) is 11.3. The summed E-state index contributed by atoms with van der Waals surface area (Å²) in [6, 6.07) is 3.43. The number of ether oxygens (including phenoxy) is 2. The molecule has 1 aliphatic rings. The highest BCUT2D eigenvalue weighted by atomic mass is 16.5. The summed E-state index contributed by atoms with van der Waals surface area (Å²) in [5.41, 5.74) is 0. The maximum absolute atomic E-state index is 12.0. The molecule has 0 saturated carbocycles. The molecule has 1 fully saturated rings. The van der Waals surface area contributed by atoms with Crippen molar-refractivity contribution in [3.05, 3.63) is 24.2 Å². The molecule has 2 rings (SSSR count). The van der Waals surface area contributed by atoms with Crippen molar-refractivity contribution in [2.24, 2.45) is 0 Å². The summed E-state index contributed by atoms with van der Waals surface area (Å²) in [5.74, 6) is 0.383. The summed E-state index contributed by atoms with van der Waals surface area (Å²) >= 11 is 0. The Morgan fingerprint density at radius 3 is 2.84 bits per heavy atom. The van der Waals surface area contributed by atoms with E-state index in [9.17, 15) is 4.79 Å². The first-order chi connectivity index (χ1) is 9.31. The zero-order valence-corrected chi connectivity index (χ0v) is 11.3. The maximum atomic E-state index is 12.0. The molecule has 0 aliphatic carbocycles. The number of hydrogen-bond acceptors (Lipinski definition) is 4. The number of nitrogens with zero attached hydrogens (tertiary/aromatic N) is 1. The lowest BCUT2D eigenvalue weighted by atomic mass is 10.1. The van der Waals surface area contributed by atoms with Gasteiger partial charge in [-0.1, -0.05) is 0 Å². The first kappa shape index (κ1) is 14.1. The fourth-order valence-corrected chi connectivity index (χ4v) is 2.20. The molecule has 0 radical (unpaired) electrons. The first-order valence-corrected chi connectivity index (χ1v) is 6.83. The lowest BCUT2D eigenvalue weighted by molar-refractivity contribution is -0.0186. The second-order valence-electron chi connectivity index (χ2n) is 4.54. The van der Waals surface area contributed by atoms with Gasteiger partial charge >= 0.3 is 0 Å². The Morgan fingerprint density at radius 1 is 1.42 bits per heavy atom. The van der Waals surface area contributed by atoms with E-state index in [0.717, 1.165) is 32.5 Å². The van der Waals surface area contributed by atoms with Crippen LogP contribution in [-0.4, -0.2) is 49.8 Å². The van der Waals surface area contributed by atoms with Gasteiger partial charge in [0.05, 0.1) is 25.6 Å². The average Bonchev–Trinajstić information content (AvgIpc) is 2.98. The van der Waals surface area contributed by atoms with E-state index in [1.807, 2.05) is 11.8 Å². The van der Waals surface area contributed by atoms with Crippen LogP contribution in [0.15, 0.2) is 22.8 Å². The Balaban J connectivity index is 1.69. The van der Waals surface area contributed by atoms with Gasteiger partial charge in [0.15, 0.2) is 5.76 Å². The molecule has 0 aromatic carbocycles. The topological polar surface area (TPSA) is 51.9 Å². The highest BCUT2D eigenvalue weighted by Crippen LogP contribution is 2.16. The molecule has 19 heavy (non-hydrogen) atoms. The summed E-state index contributed by atoms with van der Waals surface area (Å²) in [6.07, 6.45) is 3.51. The van der Waals surface area contributed by atoms with Gasteiger partial charge in [-0.2, -0.15) is 0 Å². The van der Waals surface area contributed by atoms with Crippen molar-refractivity contribution in [1.82, 2.24) is 4.90 Å². The van der Waals surface area contributed by atoms with Crippen molar-refractivity contribution in [2.75, 3.05) is 32.9 Å². The van der Waals surface area contributed by atoms with Gasteiger partial charge < -0.3 is 18.8 Å². The number of carbonyl (C=O) groups is 1. The monoisotopic (exact) mass is 267 g/mol. The van der Waals surface area contributed by atoms with E-state index >= 15 is 0 Å². The number of amides is 1. The molecular formula is C14H21NO4. The van der Waals surface area contributed by atoms with Gasteiger partial charge in [0.25, 0.3) is 5.91 Å². The van der Waals surface area contributed by atoms with Crippen LogP contribution in [0, 0.1) is 0 Å². The lowest BCUT2D eigenvalue weighted by Crippen LogP contribution is -2.41. The summed E-state index contributed by atoms with van der Waals surface area (Å²) in [7, 11) is 0. The lowest BCUT2D eigenvalue weighted by Gasteiger charge is -2.31. The van der Waals surface area contributed by atoms with Crippen LogP contribution in [-0.2, 0) is 9.47 Å². The van der Waals surface area contributed by atoms with Gasteiger partial charge in [0.1, 0.15) is 0 Å². The summed E-state index contributed by atoms with van der Waals surface area (Å²) in [4.78, 5) is 13.9. The molecule has 1 aromatic heterocycles. The Kier molecular flexibility index (Phi) is 5.42. The van der Waals surface area contributed by atoms with Crippen LogP contribution in [0.5, 0.6) is 0 Å². The molecule has 1 aromatic rings. The third-order valence-corrected chi connectivity index (χ3v) is 3.25. The number of hydrogen-bond donors (Lipinski definition) is 0. The van der Waals surface area contributed by atoms with Crippen LogP contribution in [0.3, 0.4) is 0 Å². The Morgan fingerprint density at radius 2 is 2.21 bits per heavy atom. The van der Waals surface area contributed by atoms with E-state index < -0.39 is 0 Å². The molecule has 0 unspecified atom stereocenters. The van der Waals surface area contributed by atoms with Crippen molar-refractivity contribution >= 4 is 5.91 Å². The highest BCUT2D eigenvalue weighted by Gasteiger charge is 2.25. The number of piperidine rings is 1. The van der Waals surface area contributed by atoms with E-state index in [2.05, 4.69) is 0 Å². The van der Waals surface area contributed by atoms with E-state index in [1.165, 1.54) is 6.26 Å². The smallest absolute Gasteiger partial charge is 0.289 e. The normalized spacial score (nSPS) is 16.8. The number of rotatable bonds is 6. The Bertz CT molecular complexity index is 369. The number of likely N-dealkylation sites (tertiary alicyclic amines) is 1. The standard InChI is InChI=1S/C14H21NO4/c1-2-17-10-11-18-12-5-7-15(8-6-12)14(16)13-4-3-9-19-13/h3-4,9,12H,2,5-8,10-11H2,1H3. The molecule has 2 heterocycles. The SMILES string of the molecule is CCOCCOC1CCN(C(=O)c2ccco2)CC1. The van der Waals surface area contributed by atoms with Crippen molar-refractivity contribution in [2.45, 2.75) is 25.9 Å². The van der Waals surface area contributed by atoms with Gasteiger partial charge in [-0.3, -0.25) is 4.79 Å². The van der Waals surface area contributed by atoms with Crippen molar-refractivity contribution in [3.8, 4) is 0 Å². The molecule has 1 aliphatic heterocycles. The van der Waals surface area contributed by atoms with Crippen molar-refractivity contribution in [3.63, 3.8) is 0 Å². The molecule has 1 saturated heterocycles. The van der Waals surface area contributed by atoms with Crippen LogP contribution in [0.25, 0.3) is 0 Å². The summed E-state index contributed by atoms with van der Waals surface area (Å²) in [5, 5.41) is 0. The molecule has 0 N–H and O–H groups in total. The zero-order chi connectivity index (χ0) is 13.5. The number of carbonyl (C=O) groups excluding carboxylic acids is 1. The number of furan rings is 1. The second kappa shape index (κ2) is 7.31. The van der Waals surface area contributed by atoms with Crippen LogP contribution >= 0.6 is 0 Å². The van der Waals surface area contributed by atoms with Gasteiger partial charge in [-0.15, -0.1) is 0 Å². The van der Waals surface area contributed by atoms with Gasteiger partial charge in [0, 0.05) is 19.7 Å². The first-order valence-electron chi connectivity index (χ1n) is 6.83. The molecule has 0 bridgehead atoms. The molecule has 106 valence electrons. The van der Waals surface area contributed by atoms with Crippen molar-refractivity contribution in [1.29, 1.82) is 0 Å². The Labute approximate surface area is 113 Å². The third kappa shape index (κ3) is 4.08. The predicted molar refractivity (Wildman–Crippen MR) is 70.1 cm³/mol. The second-order valence-corrected chi connectivity index (χ2v) is 4.54. The minimum Gasteiger partial charge on any atom is -0.459 e. The van der Waals surface area contributed by atoms with E-state index in [0.29, 0.717) is 19.0 Å². The largest absolute Gasteiger partial charge is 0.459 e. The third-order valence-electron chi connectivity index (χ3n) is 3.25. The van der Waals surface area contributed by atoms with Gasteiger partial charge in [0.2, 0.25) is 0 Å². The fourth-order valence-electron chi connectivity index (χ4n) is 2.20. The minimum atomic E-state index is -0.0298. The van der Waals surface area contributed by atoms with Crippen LogP contribution < -0.4 is 0 Å². The van der Waals surface area contributed by atoms with Gasteiger partial charge in [-0.25, -0.2) is 0 Å². The van der Waals surface area contributed by atoms with Crippen LogP contribution in [0.2, 0.25) is 0 Å². The minimum absolute atomic E-state index is 0.0298. The maximum Gasteiger partial charge on any atom is 0.289 e. The molecule has 0 atom stereocenters. The summed E-state index contributed by atoms with van der Waals surface area (Å²) in [6.45, 7) is 5.41. The molecule has 1 amide bonds. The molecule has 0 spiro atoms. The summed E-state index contributed by atoms with van der Waals surface area (Å²) < 4.78 is 16.1. The molecule has 5 heteroatoms. The predicted octanol–water partition coefficient (Wildman–Crippen LogP) is 1.94. The van der Waals surface area contributed by atoms with E-state index in [1.54, 1.807) is 12.1 Å². The average molecular weight is 267 g/mol. The molecule has 5 nitrogen and oxygen atoms in total. The highest BCUT2D eigenvalue weighted by molar-refractivity contribution is 5.91. The van der Waals surface area contributed by atoms with Crippen molar-refractivity contribution < 1.29 is 18.7 Å². The quantitative estimate of drug-likeness (QED) is 0.739. The van der Waals surface area contributed by atoms with E-state index in [4.69, 9.17) is 13.9 Å². The van der Waals surface area contributed by atoms with Crippen LogP contribution in [0.4, 0.5) is 0 Å². The van der Waals surface area contributed by atoms with Gasteiger partial charge in [-0.05, 0) is 31.9 Å². The van der Waals surface area contributed by atoms with Crippen LogP contribution in [0.1, 0.15) is 30.3 Å². The van der Waals surface area contributed by atoms with E-state index in [-0.39, 0.29) is 12.0 Å².